The lowest BCUT2D eigenvalue weighted by atomic mass is 9.85. The van der Waals surface area contributed by atoms with Crippen molar-refractivity contribution in [2.45, 2.75) is 12.8 Å². The number of hydrogen-bond donors (Lipinski definition) is 0. The highest BCUT2D eigenvalue weighted by molar-refractivity contribution is 6.07. The minimum Gasteiger partial charge on any atom is -0.454 e. The van der Waals surface area contributed by atoms with Gasteiger partial charge in [0.15, 0.2) is 6.61 Å². The zero-order valence-corrected chi connectivity index (χ0v) is 14.5. The van der Waals surface area contributed by atoms with Crippen molar-refractivity contribution in [1.82, 2.24) is 4.90 Å². The Bertz CT molecular complexity index is 732. The van der Waals surface area contributed by atoms with Gasteiger partial charge in [-0.25, -0.2) is 0 Å². The highest BCUT2D eigenvalue weighted by Gasteiger charge is 2.47. The monoisotopic (exact) mass is 356 g/mol. The molecule has 7 nitrogen and oxygen atoms in total. The first-order valence-electron chi connectivity index (χ1n) is 8.46. The van der Waals surface area contributed by atoms with E-state index in [2.05, 4.69) is 0 Å². The van der Waals surface area contributed by atoms with Crippen molar-refractivity contribution in [1.29, 1.82) is 0 Å². The van der Waals surface area contributed by atoms with Crippen LogP contribution in [0.4, 0.5) is 5.69 Å². The number of esters is 1. The fraction of sp³-hybridized carbons (Fsp3) is 0.368. The minimum absolute atomic E-state index is 0.339. The summed E-state index contributed by atoms with van der Waals surface area (Å²) in [6.45, 7) is -0.901. The third-order valence-electron chi connectivity index (χ3n) is 4.76. The number of amides is 3. The molecule has 136 valence electrons. The lowest BCUT2D eigenvalue weighted by Gasteiger charge is -2.18. The normalized spacial score (nSPS) is 21.5. The number of nitrogens with zero attached hydrogens (tertiary/aromatic N) is 2. The third kappa shape index (κ3) is 3.51. The van der Waals surface area contributed by atoms with E-state index in [0.717, 1.165) is 4.90 Å². The van der Waals surface area contributed by atoms with E-state index in [1.54, 1.807) is 31.3 Å². The lowest BCUT2D eigenvalue weighted by Crippen LogP contribution is -2.38. The molecular weight excluding hydrogens is 336 g/mol. The molecule has 1 aromatic carbocycles. The fourth-order valence-corrected chi connectivity index (χ4v) is 3.23. The lowest BCUT2D eigenvalue weighted by molar-refractivity contribution is -0.154. The van der Waals surface area contributed by atoms with Crippen molar-refractivity contribution in [3.05, 3.63) is 42.5 Å². The summed E-state index contributed by atoms with van der Waals surface area (Å²) in [7, 11) is 1.58. The van der Waals surface area contributed by atoms with E-state index in [1.807, 2.05) is 18.2 Å². The number of likely N-dealkylation sites (N-methyl/N-ethyl adjacent to an activating group) is 1. The van der Waals surface area contributed by atoms with Gasteiger partial charge in [0.2, 0.25) is 11.8 Å². The number of carbonyl (C=O) groups is 4. The number of hydrogen-bond acceptors (Lipinski definition) is 5. The van der Waals surface area contributed by atoms with E-state index >= 15 is 0 Å². The number of rotatable bonds is 5. The molecule has 1 aliphatic carbocycles. The zero-order valence-electron chi connectivity index (χ0n) is 14.5. The van der Waals surface area contributed by atoms with Crippen LogP contribution in [0.2, 0.25) is 0 Å². The van der Waals surface area contributed by atoms with Gasteiger partial charge in [-0.3, -0.25) is 24.1 Å². The Hall–Kier alpha value is -2.96. The highest BCUT2D eigenvalue weighted by atomic mass is 16.5. The number of benzene rings is 1. The SMILES string of the molecule is CN(C(=O)COC(=O)CN1C(=O)[C@H]2CC=CC[C@@H]2C1=O)c1ccccc1. The summed E-state index contributed by atoms with van der Waals surface area (Å²) in [5, 5.41) is 0. The van der Waals surface area contributed by atoms with E-state index < -0.39 is 25.0 Å². The molecular formula is C19H20N2O5. The van der Waals surface area contributed by atoms with Gasteiger partial charge in [-0.05, 0) is 25.0 Å². The molecule has 2 aliphatic rings. The number of allylic oxidation sites excluding steroid dienone is 2. The number of fused-ring (bicyclic) bond motifs is 1. The quantitative estimate of drug-likeness (QED) is 0.449. The van der Waals surface area contributed by atoms with Crippen LogP contribution < -0.4 is 4.90 Å². The summed E-state index contributed by atoms with van der Waals surface area (Å²) in [6, 6.07) is 8.95. The molecule has 0 saturated carbocycles. The molecule has 0 unspecified atom stereocenters. The Morgan fingerprint density at radius 3 is 2.23 bits per heavy atom. The molecule has 1 aromatic rings. The number of imide groups is 1. The number of likely N-dealkylation sites (tertiary alicyclic amines) is 1. The van der Waals surface area contributed by atoms with Crippen molar-refractivity contribution in [3.8, 4) is 0 Å². The van der Waals surface area contributed by atoms with Crippen molar-refractivity contribution >= 4 is 29.4 Å². The number of carbonyl (C=O) groups excluding carboxylic acids is 4. The van der Waals surface area contributed by atoms with Crippen molar-refractivity contribution < 1.29 is 23.9 Å². The van der Waals surface area contributed by atoms with Crippen molar-refractivity contribution in [3.63, 3.8) is 0 Å². The average molecular weight is 356 g/mol. The molecule has 7 heteroatoms. The second-order valence-electron chi connectivity index (χ2n) is 6.37. The summed E-state index contributed by atoms with van der Waals surface area (Å²) < 4.78 is 4.97. The molecule has 1 aliphatic heterocycles. The molecule has 1 heterocycles. The van der Waals surface area contributed by atoms with E-state index in [0.29, 0.717) is 18.5 Å². The van der Waals surface area contributed by atoms with Crippen LogP contribution in [0.1, 0.15) is 12.8 Å². The van der Waals surface area contributed by atoms with Crippen LogP contribution in [0, 0.1) is 11.8 Å². The zero-order chi connectivity index (χ0) is 18.7. The van der Waals surface area contributed by atoms with E-state index in [1.165, 1.54) is 4.90 Å². The number of anilines is 1. The van der Waals surface area contributed by atoms with Crippen molar-refractivity contribution in [2.24, 2.45) is 11.8 Å². The van der Waals surface area contributed by atoms with Crippen LogP contribution in [0.15, 0.2) is 42.5 Å². The topological polar surface area (TPSA) is 84.0 Å². The maximum absolute atomic E-state index is 12.3. The van der Waals surface area contributed by atoms with Gasteiger partial charge in [0.1, 0.15) is 6.54 Å². The maximum atomic E-state index is 12.3. The Balaban J connectivity index is 1.52. The predicted molar refractivity (Wildman–Crippen MR) is 92.9 cm³/mol. The van der Waals surface area contributed by atoms with Crippen LogP contribution in [-0.4, -0.2) is 48.8 Å². The van der Waals surface area contributed by atoms with Gasteiger partial charge >= 0.3 is 5.97 Å². The molecule has 0 N–H and O–H groups in total. The molecule has 2 atom stereocenters. The molecule has 3 amide bonds. The fourth-order valence-electron chi connectivity index (χ4n) is 3.23. The van der Waals surface area contributed by atoms with Crippen LogP contribution in [0.25, 0.3) is 0 Å². The summed E-state index contributed by atoms with van der Waals surface area (Å²) in [4.78, 5) is 51.1. The Labute approximate surface area is 151 Å². The van der Waals surface area contributed by atoms with Gasteiger partial charge in [-0.2, -0.15) is 0 Å². The molecule has 1 saturated heterocycles. The highest BCUT2D eigenvalue weighted by Crippen LogP contribution is 2.34. The van der Waals surface area contributed by atoms with Gasteiger partial charge in [-0.1, -0.05) is 30.4 Å². The van der Waals surface area contributed by atoms with Gasteiger partial charge in [-0.15, -0.1) is 0 Å². The standard InChI is InChI=1S/C19H20N2O5/c1-20(13-7-3-2-4-8-13)16(22)12-26-17(23)11-21-18(24)14-9-5-6-10-15(14)19(21)25/h2-8,14-15H,9-12H2,1H3/t14-,15-/m0/s1. The van der Waals surface area contributed by atoms with E-state index in [4.69, 9.17) is 4.74 Å². The Morgan fingerprint density at radius 2 is 1.65 bits per heavy atom. The predicted octanol–water partition coefficient (Wildman–Crippen LogP) is 1.14. The second kappa shape index (κ2) is 7.51. The summed E-state index contributed by atoms with van der Waals surface area (Å²) in [5.74, 6) is -2.62. The van der Waals surface area contributed by atoms with Gasteiger partial charge in [0, 0.05) is 12.7 Å². The first-order chi connectivity index (χ1) is 12.5. The molecule has 3 rings (SSSR count). The Kier molecular flexibility index (Phi) is 5.16. The first kappa shape index (κ1) is 17.8. The van der Waals surface area contributed by atoms with Crippen LogP contribution in [-0.2, 0) is 23.9 Å². The molecule has 0 bridgehead atoms. The van der Waals surface area contributed by atoms with Gasteiger partial charge < -0.3 is 9.64 Å². The summed E-state index contributed by atoms with van der Waals surface area (Å²) in [6.07, 6.45) is 4.79. The van der Waals surface area contributed by atoms with E-state index in [-0.39, 0.29) is 23.7 Å². The van der Waals surface area contributed by atoms with Gasteiger partial charge in [0.05, 0.1) is 11.8 Å². The van der Waals surface area contributed by atoms with Crippen LogP contribution in [0.5, 0.6) is 0 Å². The largest absolute Gasteiger partial charge is 0.454 e. The number of ether oxygens (including phenoxy) is 1. The maximum Gasteiger partial charge on any atom is 0.326 e. The molecule has 1 fully saturated rings. The van der Waals surface area contributed by atoms with Crippen LogP contribution >= 0.6 is 0 Å². The Morgan fingerprint density at radius 1 is 1.08 bits per heavy atom. The van der Waals surface area contributed by atoms with E-state index in [9.17, 15) is 19.2 Å². The molecule has 26 heavy (non-hydrogen) atoms. The number of para-hydroxylation sites is 1. The minimum atomic E-state index is -0.770. The summed E-state index contributed by atoms with van der Waals surface area (Å²) in [5.41, 5.74) is 0.676. The molecule has 0 radical (unpaired) electrons. The second-order valence-corrected chi connectivity index (χ2v) is 6.37. The molecule has 0 spiro atoms. The molecule has 0 aromatic heterocycles. The third-order valence-corrected chi connectivity index (χ3v) is 4.76. The van der Waals surface area contributed by atoms with Gasteiger partial charge in [0.25, 0.3) is 5.91 Å². The van der Waals surface area contributed by atoms with Crippen molar-refractivity contribution in [2.75, 3.05) is 25.1 Å². The summed E-state index contributed by atoms with van der Waals surface area (Å²) >= 11 is 0. The average Bonchev–Trinajstić information content (AvgIpc) is 2.91. The van der Waals surface area contributed by atoms with Crippen LogP contribution in [0.3, 0.4) is 0 Å². The first-order valence-corrected chi connectivity index (χ1v) is 8.46. The smallest absolute Gasteiger partial charge is 0.326 e.